The molecule has 1 unspecified atom stereocenters. The summed E-state index contributed by atoms with van der Waals surface area (Å²) in [5, 5.41) is 10.9. The Morgan fingerprint density at radius 3 is 2.48 bits per heavy atom. The number of anilines is 1. The lowest BCUT2D eigenvalue weighted by molar-refractivity contribution is -0.143. The topological polar surface area (TPSA) is 85.4 Å². The van der Waals surface area contributed by atoms with Crippen LogP contribution in [0.3, 0.4) is 0 Å². The highest BCUT2D eigenvalue weighted by Gasteiger charge is 2.32. The van der Waals surface area contributed by atoms with E-state index in [0.717, 1.165) is 25.4 Å². The highest BCUT2D eigenvalue weighted by molar-refractivity contribution is 9.10. The molecule has 1 aliphatic rings. The smallest absolute Gasteiger partial charge is 0.325 e. The second-order valence-corrected chi connectivity index (χ2v) is 8.23. The van der Waals surface area contributed by atoms with Crippen molar-refractivity contribution in [3.63, 3.8) is 0 Å². The molecule has 0 saturated carbocycles. The van der Waals surface area contributed by atoms with E-state index in [9.17, 15) is 9.90 Å². The second-order valence-electron chi connectivity index (χ2n) is 6.40. The Morgan fingerprint density at radius 1 is 1.11 bits per heavy atom. The summed E-state index contributed by atoms with van der Waals surface area (Å²) >= 11 is 6.79. The van der Waals surface area contributed by atoms with Gasteiger partial charge in [0.2, 0.25) is 5.95 Å². The molecular formula is C18H17Br2N5O2. The predicted octanol–water partition coefficient (Wildman–Crippen LogP) is 3.43. The summed E-state index contributed by atoms with van der Waals surface area (Å²) in [5.74, 6) is -0.172. The average molecular weight is 495 g/mol. The van der Waals surface area contributed by atoms with E-state index < -0.39 is 12.0 Å². The number of hydrogen-bond acceptors (Lipinski definition) is 5. The van der Waals surface area contributed by atoms with Crippen molar-refractivity contribution in [2.24, 2.45) is 0 Å². The van der Waals surface area contributed by atoms with Crippen LogP contribution >= 0.6 is 31.9 Å². The highest BCUT2D eigenvalue weighted by Crippen LogP contribution is 2.31. The lowest BCUT2D eigenvalue weighted by atomic mass is 10.0. The van der Waals surface area contributed by atoms with Gasteiger partial charge in [-0.25, -0.2) is 9.97 Å². The van der Waals surface area contributed by atoms with Gasteiger partial charge in [-0.15, -0.1) is 0 Å². The van der Waals surface area contributed by atoms with Crippen molar-refractivity contribution in [2.45, 2.75) is 6.04 Å². The highest BCUT2D eigenvalue weighted by atomic mass is 79.9. The van der Waals surface area contributed by atoms with Gasteiger partial charge >= 0.3 is 5.97 Å². The fourth-order valence-electron chi connectivity index (χ4n) is 3.48. The van der Waals surface area contributed by atoms with Gasteiger partial charge in [0.1, 0.15) is 6.04 Å². The van der Waals surface area contributed by atoms with Crippen LogP contribution in [0, 0.1) is 0 Å². The molecule has 140 valence electrons. The van der Waals surface area contributed by atoms with Crippen molar-refractivity contribution in [1.82, 2.24) is 19.9 Å². The van der Waals surface area contributed by atoms with Gasteiger partial charge in [-0.1, -0.05) is 22.0 Å². The Morgan fingerprint density at radius 2 is 1.81 bits per heavy atom. The number of rotatable bonds is 4. The van der Waals surface area contributed by atoms with Crippen LogP contribution in [-0.2, 0) is 4.79 Å². The molecule has 1 aliphatic heterocycles. The molecular weight excluding hydrogens is 478 g/mol. The number of nitrogens with one attached hydrogen (secondary N) is 1. The number of carboxylic acids is 1. The summed E-state index contributed by atoms with van der Waals surface area (Å²) in [7, 11) is 0. The molecule has 0 amide bonds. The number of aromatic nitrogens is 3. The van der Waals surface area contributed by atoms with Gasteiger partial charge in [-0.2, -0.15) is 0 Å². The molecule has 0 spiro atoms. The van der Waals surface area contributed by atoms with Crippen LogP contribution in [0.15, 0.2) is 45.7 Å². The monoisotopic (exact) mass is 493 g/mol. The maximum atomic E-state index is 12.1. The van der Waals surface area contributed by atoms with E-state index >= 15 is 0 Å². The lowest BCUT2D eigenvalue weighted by Gasteiger charge is -2.37. The summed E-state index contributed by atoms with van der Waals surface area (Å²) in [5.41, 5.74) is 1.71. The Balaban J connectivity index is 1.55. The Kier molecular flexibility index (Phi) is 5.16. The number of H-pyrrole nitrogens is 1. The number of nitrogens with zero attached hydrogens (tertiary/aromatic N) is 4. The van der Waals surface area contributed by atoms with Crippen LogP contribution in [0.5, 0.6) is 0 Å². The van der Waals surface area contributed by atoms with Gasteiger partial charge in [0, 0.05) is 65.7 Å². The third-order valence-electron chi connectivity index (χ3n) is 4.77. The Labute approximate surface area is 172 Å². The predicted molar refractivity (Wildman–Crippen MR) is 110 cm³/mol. The average Bonchev–Trinajstić information content (AvgIpc) is 3.05. The molecule has 3 heterocycles. The molecule has 9 heteroatoms. The first kappa shape index (κ1) is 18.4. The first-order chi connectivity index (χ1) is 13.0. The molecule has 2 aromatic heterocycles. The molecule has 0 aliphatic carbocycles. The van der Waals surface area contributed by atoms with Crippen LogP contribution in [0.25, 0.3) is 10.9 Å². The van der Waals surface area contributed by atoms with Crippen LogP contribution in [0.2, 0.25) is 0 Å². The fourth-order valence-corrected chi connectivity index (χ4v) is 4.05. The first-order valence-electron chi connectivity index (χ1n) is 8.49. The number of aliphatic carboxylic acids is 1. The van der Waals surface area contributed by atoms with Crippen LogP contribution < -0.4 is 4.90 Å². The molecule has 7 nitrogen and oxygen atoms in total. The van der Waals surface area contributed by atoms with E-state index in [1.165, 1.54) is 0 Å². The standard InChI is InChI=1S/C18H17Br2N5O2/c19-11-1-2-13-14(10-21-15(13)7-11)16(17(26)27)24-3-5-25(6-4-24)18-22-8-12(20)9-23-18/h1-2,7-10,16,21H,3-6H2,(H,26,27). The maximum absolute atomic E-state index is 12.1. The number of halogens is 2. The van der Waals surface area contributed by atoms with E-state index in [0.29, 0.717) is 32.1 Å². The van der Waals surface area contributed by atoms with Gasteiger partial charge in [0.15, 0.2) is 0 Å². The zero-order valence-corrected chi connectivity index (χ0v) is 17.4. The molecule has 4 rings (SSSR count). The molecule has 1 fully saturated rings. The summed E-state index contributed by atoms with van der Waals surface area (Å²) in [6.07, 6.45) is 5.25. The number of benzene rings is 1. The van der Waals surface area contributed by atoms with Gasteiger partial charge in [0.25, 0.3) is 0 Å². The van der Waals surface area contributed by atoms with E-state index in [1.54, 1.807) is 18.6 Å². The maximum Gasteiger partial charge on any atom is 0.325 e. The number of aromatic amines is 1. The van der Waals surface area contributed by atoms with E-state index in [1.807, 2.05) is 23.1 Å². The van der Waals surface area contributed by atoms with Crippen molar-refractivity contribution in [1.29, 1.82) is 0 Å². The van der Waals surface area contributed by atoms with Crippen molar-refractivity contribution in [3.05, 3.63) is 51.3 Å². The molecule has 2 N–H and O–H groups in total. The van der Waals surface area contributed by atoms with Gasteiger partial charge in [0.05, 0.1) is 4.47 Å². The van der Waals surface area contributed by atoms with E-state index in [2.05, 4.69) is 51.7 Å². The van der Waals surface area contributed by atoms with Gasteiger partial charge < -0.3 is 15.0 Å². The molecule has 1 saturated heterocycles. The normalized spacial score (nSPS) is 16.6. The molecule has 0 bridgehead atoms. The molecule has 1 aromatic carbocycles. The number of carbonyl (C=O) groups is 1. The number of hydrogen-bond donors (Lipinski definition) is 2. The SMILES string of the molecule is O=C(O)C(c1c[nH]c2cc(Br)ccc12)N1CCN(c2ncc(Br)cn2)CC1. The molecule has 27 heavy (non-hydrogen) atoms. The van der Waals surface area contributed by atoms with Crippen molar-refractivity contribution in [2.75, 3.05) is 31.1 Å². The summed E-state index contributed by atoms with van der Waals surface area (Å²) in [4.78, 5) is 28.0. The molecule has 3 aromatic rings. The largest absolute Gasteiger partial charge is 0.480 e. The van der Waals surface area contributed by atoms with Crippen LogP contribution in [-0.4, -0.2) is 57.1 Å². The third-order valence-corrected chi connectivity index (χ3v) is 5.68. The minimum absolute atomic E-state index is 0.625. The van der Waals surface area contributed by atoms with Crippen molar-refractivity contribution < 1.29 is 9.90 Å². The third kappa shape index (κ3) is 3.71. The van der Waals surface area contributed by atoms with E-state index in [4.69, 9.17) is 0 Å². The van der Waals surface area contributed by atoms with E-state index in [-0.39, 0.29) is 0 Å². The summed E-state index contributed by atoms with van der Waals surface area (Å²) < 4.78 is 1.79. The molecule has 0 radical (unpaired) electrons. The Bertz CT molecular complexity index is 968. The lowest BCUT2D eigenvalue weighted by Crippen LogP contribution is -2.49. The Hall–Kier alpha value is -1.97. The number of carboxylic acid groups (broad SMARTS) is 1. The van der Waals surface area contributed by atoms with Crippen LogP contribution in [0.4, 0.5) is 5.95 Å². The zero-order valence-electron chi connectivity index (χ0n) is 14.3. The molecule has 1 atom stereocenters. The second kappa shape index (κ2) is 7.57. The minimum Gasteiger partial charge on any atom is -0.480 e. The number of fused-ring (bicyclic) bond motifs is 1. The summed E-state index contributed by atoms with van der Waals surface area (Å²) in [6, 6.07) is 5.16. The number of piperazine rings is 1. The fraction of sp³-hybridized carbons (Fsp3) is 0.278. The van der Waals surface area contributed by atoms with Crippen LogP contribution in [0.1, 0.15) is 11.6 Å². The summed E-state index contributed by atoms with van der Waals surface area (Å²) in [6.45, 7) is 2.61. The van der Waals surface area contributed by atoms with Crippen molar-refractivity contribution >= 4 is 54.7 Å². The van der Waals surface area contributed by atoms with Gasteiger partial charge in [-0.3, -0.25) is 9.69 Å². The quantitative estimate of drug-likeness (QED) is 0.578. The zero-order chi connectivity index (χ0) is 19.0. The first-order valence-corrected chi connectivity index (χ1v) is 10.1. The van der Waals surface area contributed by atoms with Crippen molar-refractivity contribution in [3.8, 4) is 0 Å². The minimum atomic E-state index is -0.841. The van der Waals surface area contributed by atoms with Gasteiger partial charge in [-0.05, 0) is 28.1 Å².